The number of rotatable bonds is 3. The molecule has 2 atom stereocenters. The third-order valence-corrected chi connectivity index (χ3v) is 3.27. The van der Waals surface area contributed by atoms with Gasteiger partial charge in [-0.2, -0.15) is 0 Å². The fourth-order valence-corrected chi connectivity index (χ4v) is 2.17. The average molecular weight is 248 g/mol. The van der Waals surface area contributed by atoms with Crippen molar-refractivity contribution in [2.75, 3.05) is 11.9 Å². The van der Waals surface area contributed by atoms with E-state index in [9.17, 15) is 4.79 Å². The number of nitrogens with one attached hydrogen (secondary N) is 2. The highest BCUT2D eigenvalue weighted by Gasteiger charge is 2.23. The normalized spacial score (nSPS) is 20.4. The molecule has 1 fully saturated rings. The minimum Gasteiger partial charge on any atom is -0.376 e. The molecular formula is C14H20N2O2. The molecule has 0 saturated carbocycles. The van der Waals surface area contributed by atoms with Gasteiger partial charge in [-0.25, -0.2) is 4.79 Å². The zero-order valence-corrected chi connectivity index (χ0v) is 10.9. The fourth-order valence-electron chi connectivity index (χ4n) is 2.17. The van der Waals surface area contributed by atoms with Gasteiger partial charge in [-0.05, 0) is 38.3 Å². The quantitative estimate of drug-likeness (QED) is 0.864. The molecule has 1 aliphatic heterocycles. The Kier molecular flexibility index (Phi) is 4.20. The number of benzene rings is 1. The van der Waals surface area contributed by atoms with Gasteiger partial charge in [0.1, 0.15) is 0 Å². The Balaban J connectivity index is 1.86. The third kappa shape index (κ3) is 3.23. The van der Waals surface area contributed by atoms with E-state index >= 15 is 0 Å². The number of hydrogen-bond acceptors (Lipinski definition) is 2. The highest BCUT2D eigenvalue weighted by Crippen LogP contribution is 2.16. The van der Waals surface area contributed by atoms with Crippen molar-refractivity contribution in [2.24, 2.45) is 0 Å². The number of hydrogen-bond donors (Lipinski definition) is 2. The summed E-state index contributed by atoms with van der Waals surface area (Å²) >= 11 is 0. The molecule has 0 aliphatic carbocycles. The number of ether oxygens (including phenoxy) is 1. The molecule has 1 saturated heterocycles. The second-order valence-corrected chi connectivity index (χ2v) is 4.75. The predicted octanol–water partition coefficient (Wildman–Crippen LogP) is 2.68. The molecule has 18 heavy (non-hydrogen) atoms. The molecule has 1 aromatic carbocycles. The average Bonchev–Trinajstić information content (AvgIpc) is 2.85. The van der Waals surface area contributed by atoms with E-state index < -0.39 is 0 Å². The van der Waals surface area contributed by atoms with Crippen molar-refractivity contribution in [2.45, 2.75) is 38.8 Å². The summed E-state index contributed by atoms with van der Waals surface area (Å²) in [5.74, 6) is 0. The van der Waals surface area contributed by atoms with Crippen molar-refractivity contribution in [3.63, 3.8) is 0 Å². The first-order valence-corrected chi connectivity index (χ1v) is 6.41. The molecule has 4 heteroatoms. The summed E-state index contributed by atoms with van der Waals surface area (Å²) in [6.45, 7) is 4.75. The Labute approximate surface area is 108 Å². The SMILES string of the molecule is Cc1ccccc1NC(=O)N[C@@H](C)[C@@H]1CCCO1. The first kappa shape index (κ1) is 12.9. The van der Waals surface area contributed by atoms with Crippen molar-refractivity contribution < 1.29 is 9.53 Å². The van der Waals surface area contributed by atoms with Crippen LogP contribution in [-0.4, -0.2) is 24.8 Å². The lowest BCUT2D eigenvalue weighted by Crippen LogP contribution is -2.43. The monoisotopic (exact) mass is 248 g/mol. The number of urea groups is 1. The molecule has 2 N–H and O–H groups in total. The minimum atomic E-state index is -0.174. The first-order chi connectivity index (χ1) is 8.66. The number of para-hydroxylation sites is 1. The molecule has 4 nitrogen and oxygen atoms in total. The summed E-state index contributed by atoms with van der Waals surface area (Å²) in [7, 11) is 0. The van der Waals surface area contributed by atoms with E-state index in [1.165, 1.54) is 0 Å². The van der Waals surface area contributed by atoms with Crippen molar-refractivity contribution in [3.8, 4) is 0 Å². The van der Waals surface area contributed by atoms with Crippen LogP contribution in [0.5, 0.6) is 0 Å². The lowest BCUT2D eigenvalue weighted by molar-refractivity contribution is 0.0868. The van der Waals surface area contributed by atoms with E-state index in [-0.39, 0.29) is 18.2 Å². The van der Waals surface area contributed by atoms with Crippen molar-refractivity contribution in [1.29, 1.82) is 0 Å². The second-order valence-electron chi connectivity index (χ2n) is 4.75. The second kappa shape index (κ2) is 5.87. The van der Waals surface area contributed by atoms with Gasteiger partial charge in [-0.15, -0.1) is 0 Å². The van der Waals surface area contributed by atoms with Crippen LogP contribution in [0.3, 0.4) is 0 Å². The molecule has 2 rings (SSSR count). The molecule has 0 bridgehead atoms. The van der Waals surface area contributed by atoms with Crippen molar-refractivity contribution >= 4 is 11.7 Å². The Bertz CT molecular complexity index is 414. The Morgan fingerprint density at radius 3 is 2.89 bits per heavy atom. The Morgan fingerprint density at radius 1 is 1.44 bits per heavy atom. The highest BCUT2D eigenvalue weighted by atomic mass is 16.5. The van der Waals surface area contributed by atoms with Crippen molar-refractivity contribution in [3.05, 3.63) is 29.8 Å². The van der Waals surface area contributed by atoms with Crippen LogP contribution in [-0.2, 0) is 4.74 Å². The van der Waals surface area contributed by atoms with Gasteiger partial charge in [0.15, 0.2) is 0 Å². The van der Waals surface area contributed by atoms with Gasteiger partial charge in [0.05, 0.1) is 12.1 Å². The molecule has 0 radical (unpaired) electrons. The van der Waals surface area contributed by atoms with Gasteiger partial charge < -0.3 is 15.4 Å². The molecule has 0 aromatic heterocycles. The van der Waals surface area contributed by atoms with E-state index in [2.05, 4.69) is 10.6 Å². The van der Waals surface area contributed by atoms with Crippen LogP contribution in [0.25, 0.3) is 0 Å². The molecular weight excluding hydrogens is 228 g/mol. The van der Waals surface area contributed by atoms with Gasteiger partial charge >= 0.3 is 6.03 Å². The van der Waals surface area contributed by atoms with Gasteiger partial charge in [0, 0.05) is 12.3 Å². The van der Waals surface area contributed by atoms with Gasteiger partial charge in [-0.3, -0.25) is 0 Å². The number of carbonyl (C=O) groups is 1. The molecule has 1 heterocycles. The van der Waals surface area contributed by atoms with E-state index in [1.54, 1.807) is 0 Å². The van der Waals surface area contributed by atoms with Gasteiger partial charge in [0.25, 0.3) is 0 Å². The van der Waals surface area contributed by atoms with E-state index in [0.717, 1.165) is 30.7 Å². The predicted molar refractivity (Wildman–Crippen MR) is 71.8 cm³/mol. The maximum Gasteiger partial charge on any atom is 0.319 e. The van der Waals surface area contributed by atoms with Gasteiger partial charge in [-0.1, -0.05) is 18.2 Å². The van der Waals surface area contributed by atoms with Crippen LogP contribution < -0.4 is 10.6 Å². The van der Waals surface area contributed by atoms with Crippen LogP contribution >= 0.6 is 0 Å². The summed E-state index contributed by atoms with van der Waals surface area (Å²) in [5, 5.41) is 5.78. The summed E-state index contributed by atoms with van der Waals surface area (Å²) in [6.07, 6.45) is 2.25. The topological polar surface area (TPSA) is 50.4 Å². The number of amides is 2. The lowest BCUT2D eigenvalue weighted by Gasteiger charge is -2.20. The van der Waals surface area contributed by atoms with Crippen LogP contribution in [0.2, 0.25) is 0 Å². The molecule has 0 spiro atoms. The summed E-state index contributed by atoms with van der Waals surface area (Å²) in [5.41, 5.74) is 1.90. The van der Waals surface area contributed by atoms with Crippen LogP contribution in [0, 0.1) is 6.92 Å². The molecule has 0 unspecified atom stereocenters. The maximum atomic E-state index is 11.9. The van der Waals surface area contributed by atoms with Crippen LogP contribution in [0.1, 0.15) is 25.3 Å². The van der Waals surface area contributed by atoms with E-state index in [4.69, 9.17) is 4.74 Å². The van der Waals surface area contributed by atoms with E-state index in [1.807, 2.05) is 38.1 Å². The highest BCUT2D eigenvalue weighted by molar-refractivity contribution is 5.90. The van der Waals surface area contributed by atoms with Gasteiger partial charge in [0.2, 0.25) is 0 Å². The van der Waals surface area contributed by atoms with Crippen molar-refractivity contribution in [1.82, 2.24) is 5.32 Å². The number of aryl methyl sites for hydroxylation is 1. The smallest absolute Gasteiger partial charge is 0.319 e. The zero-order valence-electron chi connectivity index (χ0n) is 10.9. The summed E-state index contributed by atoms with van der Waals surface area (Å²) < 4.78 is 5.55. The maximum absolute atomic E-state index is 11.9. The largest absolute Gasteiger partial charge is 0.376 e. The van der Waals surface area contributed by atoms with Crippen LogP contribution in [0.15, 0.2) is 24.3 Å². The lowest BCUT2D eigenvalue weighted by atomic mass is 10.1. The minimum absolute atomic E-state index is 0.0384. The summed E-state index contributed by atoms with van der Waals surface area (Å²) in [4.78, 5) is 11.9. The number of carbonyl (C=O) groups excluding carboxylic acids is 1. The fraction of sp³-hybridized carbons (Fsp3) is 0.500. The Hall–Kier alpha value is -1.55. The number of anilines is 1. The van der Waals surface area contributed by atoms with Crippen LogP contribution in [0.4, 0.5) is 10.5 Å². The third-order valence-electron chi connectivity index (χ3n) is 3.27. The molecule has 1 aromatic rings. The Morgan fingerprint density at radius 2 is 2.22 bits per heavy atom. The molecule has 1 aliphatic rings. The van der Waals surface area contributed by atoms with E-state index in [0.29, 0.717) is 0 Å². The first-order valence-electron chi connectivity index (χ1n) is 6.41. The molecule has 2 amide bonds. The zero-order chi connectivity index (χ0) is 13.0. The summed E-state index contributed by atoms with van der Waals surface area (Å²) in [6, 6.07) is 7.59. The molecule has 98 valence electrons. The standard InChI is InChI=1S/C14H20N2O2/c1-10-6-3-4-7-12(10)16-14(17)15-11(2)13-8-5-9-18-13/h3-4,6-7,11,13H,5,8-9H2,1-2H3,(H2,15,16,17)/t11-,13-/m0/s1.